The molecule has 0 amide bonds. The first-order valence-corrected chi connectivity index (χ1v) is 7.05. The topological polar surface area (TPSA) is 35.5 Å². The van der Waals surface area contributed by atoms with Crippen molar-refractivity contribution in [3.8, 4) is 0 Å². The maximum Gasteiger partial charge on any atom is 0.0765 e. The largest absolute Gasteiger partial charge is 0.389 e. The van der Waals surface area contributed by atoms with Gasteiger partial charge in [0.05, 0.1) is 5.60 Å². The Kier molecular flexibility index (Phi) is 5.63. The lowest BCUT2D eigenvalue weighted by molar-refractivity contribution is 0.0886. The molecule has 0 saturated carbocycles. The molecule has 0 unspecified atom stereocenters. The molecule has 0 aliphatic rings. The molecule has 0 fully saturated rings. The van der Waals surface area contributed by atoms with E-state index in [1.807, 2.05) is 20.9 Å². The summed E-state index contributed by atoms with van der Waals surface area (Å²) in [7, 11) is 1.99. The van der Waals surface area contributed by atoms with Crippen LogP contribution in [0.4, 0.5) is 5.69 Å². The van der Waals surface area contributed by atoms with Crippen LogP contribution in [0.3, 0.4) is 0 Å². The van der Waals surface area contributed by atoms with Crippen molar-refractivity contribution in [1.82, 2.24) is 5.32 Å². The van der Waals surface area contributed by atoms with E-state index in [2.05, 4.69) is 51.3 Å². The van der Waals surface area contributed by atoms with E-state index in [9.17, 15) is 5.11 Å². The number of hydrogen-bond acceptors (Lipinski definition) is 3. The molecule has 1 rings (SSSR count). The van der Waals surface area contributed by atoms with Crippen LogP contribution < -0.4 is 10.2 Å². The first-order valence-electron chi connectivity index (χ1n) is 6.26. The molecule has 0 saturated heterocycles. The normalized spacial score (nSPS) is 11.7. The van der Waals surface area contributed by atoms with Crippen LogP contribution >= 0.6 is 15.9 Å². The van der Waals surface area contributed by atoms with Crippen molar-refractivity contribution in [2.45, 2.75) is 32.9 Å². The molecule has 0 bridgehead atoms. The average molecular weight is 315 g/mol. The lowest BCUT2D eigenvalue weighted by Gasteiger charge is -2.27. The van der Waals surface area contributed by atoms with Gasteiger partial charge in [-0.3, -0.25) is 0 Å². The highest BCUT2D eigenvalue weighted by atomic mass is 79.9. The van der Waals surface area contributed by atoms with Gasteiger partial charge in [0.2, 0.25) is 0 Å². The Bertz CT molecular complexity index is 388. The van der Waals surface area contributed by atoms with Crippen molar-refractivity contribution < 1.29 is 5.11 Å². The van der Waals surface area contributed by atoms with Gasteiger partial charge in [-0.05, 0) is 38.1 Å². The number of aliphatic hydroxyl groups is 1. The molecule has 3 nitrogen and oxygen atoms in total. The minimum absolute atomic E-state index is 0.603. The summed E-state index contributed by atoms with van der Waals surface area (Å²) in [6.07, 6.45) is 0. The Morgan fingerprint density at radius 3 is 2.56 bits per heavy atom. The van der Waals surface area contributed by atoms with Crippen LogP contribution in [0.15, 0.2) is 22.7 Å². The van der Waals surface area contributed by atoms with Gasteiger partial charge < -0.3 is 15.3 Å². The third-order valence-electron chi connectivity index (χ3n) is 2.67. The number of nitrogens with one attached hydrogen (secondary N) is 1. The van der Waals surface area contributed by atoms with E-state index >= 15 is 0 Å². The number of nitrogens with zero attached hydrogens (tertiary/aromatic N) is 1. The van der Waals surface area contributed by atoms with Crippen LogP contribution in [0.25, 0.3) is 0 Å². The summed E-state index contributed by atoms with van der Waals surface area (Å²) in [6.45, 7) is 8.17. The maximum atomic E-state index is 9.83. The minimum Gasteiger partial charge on any atom is -0.389 e. The third-order valence-corrected chi connectivity index (χ3v) is 3.41. The Morgan fingerprint density at radius 2 is 2.06 bits per heavy atom. The molecule has 1 aromatic rings. The van der Waals surface area contributed by atoms with E-state index in [0.29, 0.717) is 6.54 Å². The zero-order valence-corrected chi connectivity index (χ0v) is 13.2. The number of likely N-dealkylation sites (N-methyl/N-ethyl adjacent to an activating group) is 1. The fourth-order valence-electron chi connectivity index (χ4n) is 1.85. The van der Waals surface area contributed by atoms with E-state index in [-0.39, 0.29) is 0 Å². The highest BCUT2D eigenvalue weighted by Crippen LogP contribution is 2.24. The summed E-state index contributed by atoms with van der Waals surface area (Å²) in [5, 5.41) is 13.1. The Morgan fingerprint density at radius 1 is 1.39 bits per heavy atom. The van der Waals surface area contributed by atoms with E-state index in [0.717, 1.165) is 23.2 Å². The van der Waals surface area contributed by atoms with Gasteiger partial charge in [-0.15, -0.1) is 0 Å². The minimum atomic E-state index is -0.691. The second-order valence-electron chi connectivity index (χ2n) is 5.22. The second-order valence-corrected chi connectivity index (χ2v) is 6.08. The molecule has 1 aromatic carbocycles. The van der Waals surface area contributed by atoms with Crippen LogP contribution in [-0.4, -0.2) is 30.8 Å². The predicted octanol–water partition coefficient (Wildman–Crippen LogP) is 2.77. The van der Waals surface area contributed by atoms with Gasteiger partial charge in [-0.2, -0.15) is 0 Å². The summed E-state index contributed by atoms with van der Waals surface area (Å²) in [4.78, 5) is 2.06. The number of halogens is 1. The Labute approximate surface area is 118 Å². The van der Waals surface area contributed by atoms with Crippen LogP contribution in [0, 0.1) is 0 Å². The molecule has 0 aliphatic carbocycles. The number of anilines is 1. The monoisotopic (exact) mass is 314 g/mol. The molecular weight excluding hydrogens is 292 g/mol. The van der Waals surface area contributed by atoms with Gasteiger partial charge in [-0.25, -0.2) is 0 Å². The molecule has 2 N–H and O–H groups in total. The van der Waals surface area contributed by atoms with E-state index in [4.69, 9.17) is 0 Å². The summed E-state index contributed by atoms with van der Waals surface area (Å²) < 4.78 is 1.10. The van der Waals surface area contributed by atoms with Gasteiger partial charge in [-0.1, -0.05) is 28.9 Å². The van der Waals surface area contributed by atoms with Crippen molar-refractivity contribution in [2.24, 2.45) is 0 Å². The smallest absolute Gasteiger partial charge is 0.0765 e. The first-order chi connectivity index (χ1) is 8.33. The van der Waals surface area contributed by atoms with Gasteiger partial charge in [0.25, 0.3) is 0 Å². The van der Waals surface area contributed by atoms with Crippen molar-refractivity contribution in [1.29, 1.82) is 0 Å². The van der Waals surface area contributed by atoms with Crippen molar-refractivity contribution in [3.05, 3.63) is 28.2 Å². The van der Waals surface area contributed by atoms with E-state index in [1.165, 1.54) is 5.56 Å². The van der Waals surface area contributed by atoms with Crippen molar-refractivity contribution in [3.63, 3.8) is 0 Å². The molecule has 0 spiro atoms. The molecule has 0 aliphatic heterocycles. The van der Waals surface area contributed by atoms with Crippen LogP contribution in [0.2, 0.25) is 0 Å². The van der Waals surface area contributed by atoms with Crippen LogP contribution in [0.1, 0.15) is 26.3 Å². The molecule has 18 heavy (non-hydrogen) atoms. The highest BCUT2D eigenvalue weighted by molar-refractivity contribution is 9.10. The molecule has 0 heterocycles. The fourth-order valence-corrected chi connectivity index (χ4v) is 2.36. The quantitative estimate of drug-likeness (QED) is 0.847. The first kappa shape index (κ1) is 15.5. The number of hydrogen-bond donors (Lipinski definition) is 2. The molecule has 0 radical (unpaired) electrons. The molecule has 0 aromatic heterocycles. The summed E-state index contributed by atoms with van der Waals surface area (Å²) in [5.74, 6) is 0. The maximum absolute atomic E-state index is 9.83. The second kappa shape index (κ2) is 6.55. The Hall–Kier alpha value is -0.580. The molecule has 102 valence electrons. The molecular formula is C14H23BrN2O. The van der Waals surface area contributed by atoms with Crippen LogP contribution in [-0.2, 0) is 6.54 Å². The summed E-state index contributed by atoms with van der Waals surface area (Å²) >= 11 is 3.60. The van der Waals surface area contributed by atoms with Gasteiger partial charge in [0.1, 0.15) is 0 Å². The lowest BCUT2D eigenvalue weighted by Crippen LogP contribution is -2.36. The summed E-state index contributed by atoms with van der Waals surface area (Å²) in [6, 6.07) is 6.30. The zero-order valence-electron chi connectivity index (χ0n) is 11.6. The molecule has 0 atom stereocenters. The van der Waals surface area contributed by atoms with Crippen LogP contribution in [0.5, 0.6) is 0 Å². The van der Waals surface area contributed by atoms with E-state index in [1.54, 1.807) is 0 Å². The SMILES string of the molecule is CCNCc1ccc(N(C)CC(C)(C)O)cc1Br. The Balaban J connectivity index is 2.77. The highest BCUT2D eigenvalue weighted by Gasteiger charge is 2.16. The third kappa shape index (κ3) is 4.96. The predicted molar refractivity (Wildman–Crippen MR) is 81.1 cm³/mol. The summed E-state index contributed by atoms with van der Waals surface area (Å²) in [5.41, 5.74) is 1.66. The van der Waals surface area contributed by atoms with Gasteiger partial charge >= 0.3 is 0 Å². The van der Waals surface area contributed by atoms with Crippen molar-refractivity contribution >= 4 is 21.6 Å². The van der Waals surface area contributed by atoms with Gasteiger partial charge in [0.15, 0.2) is 0 Å². The van der Waals surface area contributed by atoms with E-state index < -0.39 is 5.60 Å². The fraction of sp³-hybridized carbons (Fsp3) is 0.571. The van der Waals surface area contributed by atoms with Gasteiger partial charge in [0, 0.05) is 30.3 Å². The standard InChI is InChI=1S/C14H23BrN2O/c1-5-16-9-11-6-7-12(8-13(11)15)17(4)10-14(2,3)18/h6-8,16,18H,5,9-10H2,1-4H3. The zero-order chi connectivity index (χ0) is 13.8. The average Bonchev–Trinajstić information content (AvgIpc) is 2.25. The number of benzene rings is 1. The lowest BCUT2D eigenvalue weighted by atomic mass is 10.1. The number of rotatable bonds is 6. The molecule has 4 heteroatoms. The van der Waals surface area contributed by atoms with Crippen molar-refractivity contribution in [2.75, 3.05) is 25.0 Å².